The van der Waals surface area contributed by atoms with Crippen LogP contribution in [0.1, 0.15) is 58.4 Å². The molecule has 0 bridgehead atoms. The topological polar surface area (TPSA) is 44.5 Å². The van der Waals surface area contributed by atoms with Crippen molar-refractivity contribution in [1.29, 1.82) is 0 Å². The zero-order valence-electron chi connectivity index (χ0n) is 14.3. The van der Waals surface area contributed by atoms with Gasteiger partial charge in [0.2, 0.25) is 0 Å². The van der Waals surface area contributed by atoms with Crippen molar-refractivity contribution in [3.05, 3.63) is 22.7 Å². The van der Waals surface area contributed by atoms with Crippen LogP contribution in [-0.4, -0.2) is 19.8 Å². The Morgan fingerprint density at radius 3 is 2.18 bits per heavy atom. The lowest BCUT2D eigenvalue weighted by Gasteiger charge is -2.23. The SMILES string of the molecule is CCCOc1cc(OCCC)c(C(C)C(C)CCN)cc1Cl. The maximum Gasteiger partial charge on any atom is 0.141 e. The summed E-state index contributed by atoms with van der Waals surface area (Å²) in [5.74, 6) is 2.41. The Morgan fingerprint density at radius 2 is 1.64 bits per heavy atom. The molecule has 0 radical (unpaired) electrons. The Morgan fingerprint density at radius 1 is 1.05 bits per heavy atom. The van der Waals surface area contributed by atoms with Gasteiger partial charge in [0.05, 0.1) is 18.2 Å². The van der Waals surface area contributed by atoms with Crippen LogP contribution >= 0.6 is 11.6 Å². The molecule has 0 aromatic heterocycles. The van der Waals surface area contributed by atoms with E-state index < -0.39 is 0 Å². The molecule has 126 valence electrons. The fourth-order valence-electron chi connectivity index (χ4n) is 2.39. The highest BCUT2D eigenvalue weighted by Crippen LogP contribution is 2.39. The molecule has 2 atom stereocenters. The summed E-state index contributed by atoms with van der Waals surface area (Å²) in [5, 5.41) is 0.652. The average molecular weight is 328 g/mol. The largest absolute Gasteiger partial charge is 0.493 e. The fourth-order valence-corrected chi connectivity index (χ4v) is 2.61. The van der Waals surface area contributed by atoms with E-state index in [1.165, 1.54) is 0 Å². The van der Waals surface area contributed by atoms with Crippen molar-refractivity contribution in [1.82, 2.24) is 0 Å². The Bertz CT molecular complexity index is 451. The fraction of sp³-hybridized carbons (Fsp3) is 0.667. The van der Waals surface area contributed by atoms with Crippen LogP contribution in [0.25, 0.3) is 0 Å². The molecule has 0 fully saturated rings. The van der Waals surface area contributed by atoms with Crippen LogP contribution in [0.2, 0.25) is 5.02 Å². The van der Waals surface area contributed by atoms with Crippen LogP contribution in [0, 0.1) is 5.92 Å². The van der Waals surface area contributed by atoms with Gasteiger partial charge in [-0.25, -0.2) is 0 Å². The quantitative estimate of drug-likeness (QED) is 0.657. The van der Waals surface area contributed by atoms with Crippen molar-refractivity contribution in [2.75, 3.05) is 19.8 Å². The first-order valence-electron chi connectivity index (χ1n) is 8.34. The predicted molar refractivity (Wildman–Crippen MR) is 94.3 cm³/mol. The summed E-state index contributed by atoms with van der Waals surface area (Å²) in [7, 11) is 0. The third-order valence-corrected chi connectivity index (χ3v) is 4.25. The monoisotopic (exact) mass is 327 g/mol. The van der Waals surface area contributed by atoms with Gasteiger partial charge in [-0.05, 0) is 49.3 Å². The number of hydrogen-bond donors (Lipinski definition) is 1. The molecule has 0 aliphatic heterocycles. The van der Waals surface area contributed by atoms with Gasteiger partial charge in [-0.15, -0.1) is 0 Å². The van der Waals surface area contributed by atoms with Gasteiger partial charge in [-0.3, -0.25) is 0 Å². The van der Waals surface area contributed by atoms with E-state index in [1.807, 2.05) is 12.1 Å². The summed E-state index contributed by atoms with van der Waals surface area (Å²) in [5.41, 5.74) is 6.84. The summed E-state index contributed by atoms with van der Waals surface area (Å²) in [4.78, 5) is 0. The van der Waals surface area contributed by atoms with Crippen LogP contribution in [0.5, 0.6) is 11.5 Å². The molecule has 1 aromatic rings. The molecule has 3 nitrogen and oxygen atoms in total. The van der Waals surface area contributed by atoms with Crippen LogP contribution in [0.15, 0.2) is 12.1 Å². The Balaban J connectivity index is 3.09. The summed E-state index contributed by atoms with van der Waals surface area (Å²) < 4.78 is 11.7. The highest BCUT2D eigenvalue weighted by molar-refractivity contribution is 6.32. The van der Waals surface area contributed by atoms with Crippen LogP contribution in [0.3, 0.4) is 0 Å². The van der Waals surface area contributed by atoms with Crippen LogP contribution in [-0.2, 0) is 0 Å². The minimum Gasteiger partial charge on any atom is -0.493 e. The van der Waals surface area contributed by atoms with Crippen molar-refractivity contribution in [3.8, 4) is 11.5 Å². The lowest BCUT2D eigenvalue weighted by atomic mass is 9.86. The minimum atomic E-state index is 0.341. The van der Waals surface area contributed by atoms with E-state index in [0.717, 1.165) is 30.6 Å². The number of hydrogen-bond acceptors (Lipinski definition) is 3. The molecule has 0 aliphatic rings. The maximum atomic E-state index is 6.39. The molecule has 0 heterocycles. The molecule has 0 spiro atoms. The molecule has 0 saturated carbocycles. The molecule has 4 heteroatoms. The van der Waals surface area contributed by atoms with Crippen molar-refractivity contribution in [3.63, 3.8) is 0 Å². The molecule has 2 unspecified atom stereocenters. The first-order valence-corrected chi connectivity index (χ1v) is 8.71. The van der Waals surface area contributed by atoms with Gasteiger partial charge in [0.25, 0.3) is 0 Å². The second-order valence-corrected chi connectivity index (χ2v) is 6.27. The summed E-state index contributed by atoms with van der Waals surface area (Å²) >= 11 is 6.39. The summed E-state index contributed by atoms with van der Waals surface area (Å²) in [6.07, 6.45) is 2.91. The second-order valence-electron chi connectivity index (χ2n) is 5.86. The van der Waals surface area contributed by atoms with Gasteiger partial charge in [0.15, 0.2) is 0 Å². The van der Waals surface area contributed by atoms with Gasteiger partial charge in [0, 0.05) is 6.07 Å². The first kappa shape index (κ1) is 19.1. The summed E-state index contributed by atoms with van der Waals surface area (Å²) in [6, 6.07) is 3.93. The van der Waals surface area contributed by atoms with E-state index in [0.29, 0.717) is 42.4 Å². The zero-order valence-corrected chi connectivity index (χ0v) is 15.1. The standard InChI is InChI=1S/C18H30ClNO2/c1-5-9-21-17-12-18(22-10-6-2)16(19)11-15(17)14(4)13(3)7-8-20/h11-14H,5-10,20H2,1-4H3. The minimum absolute atomic E-state index is 0.341. The first-order chi connectivity index (χ1) is 10.5. The van der Waals surface area contributed by atoms with Crippen molar-refractivity contribution < 1.29 is 9.47 Å². The van der Waals surface area contributed by atoms with Crippen molar-refractivity contribution in [2.24, 2.45) is 11.7 Å². The average Bonchev–Trinajstić information content (AvgIpc) is 2.51. The number of benzene rings is 1. The van der Waals surface area contributed by atoms with E-state index in [9.17, 15) is 0 Å². The molecule has 22 heavy (non-hydrogen) atoms. The zero-order chi connectivity index (χ0) is 16.5. The molecular weight excluding hydrogens is 298 g/mol. The van der Waals surface area contributed by atoms with E-state index >= 15 is 0 Å². The number of nitrogens with two attached hydrogens (primary N) is 1. The Kier molecular flexibility index (Phi) is 8.66. The third kappa shape index (κ3) is 5.36. The number of rotatable bonds is 10. The molecule has 0 aliphatic carbocycles. The number of halogens is 1. The molecule has 0 amide bonds. The third-order valence-electron chi connectivity index (χ3n) is 3.95. The predicted octanol–water partition coefficient (Wildman–Crippen LogP) is 5.01. The second kappa shape index (κ2) is 9.96. The van der Waals surface area contributed by atoms with Crippen molar-refractivity contribution >= 4 is 11.6 Å². The van der Waals surface area contributed by atoms with Crippen LogP contribution < -0.4 is 15.2 Å². The molecule has 2 N–H and O–H groups in total. The van der Waals surface area contributed by atoms with Gasteiger partial charge in [-0.1, -0.05) is 39.3 Å². The maximum absolute atomic E-state index is 6.39. The Hall–Kier alpha value is -0.930. The van der Waals surface area contributed by atoms with Crippen LogP contribution in [0.4, 0.5) is 0 Å². The van der Waals surface area contributed by atoms with Gasteiger partial charge < -0.3 is 15.2 Å². The van der Waals surface area contributed by atoms with Gasteiger partial charge in [0.1, 0.15) is 11.5 Å². The van der Waals surface area contributed by atoms with E-state index in [1.54, 1.807) is 0 Å². The van der Waals surface area contributed by atoms with Crippen molar-refractivity contribution in [2.45, 2.75) is 52.9 Å². The molecule has 0 saturated heterocycles. The molecule has 1 rings (SSSR count). The van der Waals surface area contributed by atoms with E-state index in [4.69, 9.17) is 26.8 Å². The Labute approximate surface area is 140 Å². The normalized spacial score (nSPS) is 13.7. The highest BCUT2D eigenvalue weighted by Gasteiger charge is 2.20. The van der Waals surface area contributed by atoms with E-state index in [2.05, 4.69) is 27.7 Å². The summed E-state index contributed by atoms with van der Waals surface area (Å²) in [6.45, 7) is 10.7. The highest BCUT2D eigenvalue weighted by atomic mass is 35.5. The lowest BCUT2D eigenvalue weighted by molar-refractivity contribution is 0.296. The molecular formula is C18H30ClNO2. The van der Waals surface area contributed by atoms with Gasteiger partial charge >= 0.3 is 0 Å². The van der Waals surface area contributed by atoms with E-state index in [-0.39, 0.29) is 0 Å². The van der Waals surface area contributed by atoms with Gasteiger partial charge in [-0.2, -0.15) is 0 Å². The molecule has 1 aromatic carbocycles. The smallest absolute Gasteiger partial charge is 0.141 e. The lowest BCUT2D eigenvalue weighted by Crippen LogP contribution is -2.13. The number of ether oxygens (including phenoxy) is 2.